The van der Waals surface area contributed by atoms with E-state index in [1.54, 1.807) is 0 Å². The lowest BCUT2D eigenvalue weighted by atomic mass is 9.53. The van der Waals surface area contributed by atoms with Crippen LogP contribution in [0.25, 0.3) is 11.3 Å². The van der Waals surface area contributed by atoms with Crippen molar-refractivity contribution in [2.75, 3.05) is 0 Å². The third-order valence-electron chi connectivity index (χ3n) is 6.40. The molecule has 2 aromatic rings. The van der Waals surface area contributed by atoms with Crippen molar-refractivity contribution in [3.63, 3.8) is 0 Å². The molecule has 1 aromatic carbocycles. The fraction of sp³-hybridized carbons (Fsp3) is 0.526. The predicted octanol–water partition coefficient (Wildman–Crippen LogP) is 5.79. The topological polar surface area (TPSA) is 20.7 Å². The molecule has 4 fully saturated rings. The zero-order valence-electron chi connectivity index (χ0n) is 13.1. The van der Waals surface area contributed by atoms with Gasteiger partial charge in [-0.2, -0.15) is 0 Å². The van der Waals surface area contributed by atoms with E-state index in [1.165, 1.54) is 49.8 Å². The first-order chi connectivity index (χ1) is 11.1. The second-order valence-corrected chi connectivity index (χ2v) is 8.79. The van der Waals surface area contributed by atoms with Crippen LogP contribution >= 0.6 is 23.8 Å². The Bertz CT molecular complexity index is 766. The average molecular weight is 345 g/mol. The second-order valence-electron chi connectivity index (χ2n) is 7.96. The summed E-state index contributed by atoms with van der Waals surface area (Å²) in [6.45, 7) is 0. The molecule has 23 heavy (non-hydrogen) atoms. The number of nitrogens with zero attached hydrogens (tertiary/aromatic N) is 1. The highest BCUT2D eigenvalue weighted by Gasteiger charge is 2.52. The molecular weight excluding hydrogens is 324 g/mol. The first-order valence-electron chi connectivity index (χ1n) is 8.70. The Kier molecular flexibility index (Phi) is 3.09. The number of aromatic amines is 1. The number of imidazole rings is 1. The summed E-state index contributed by atoms with van der Waals surface area (Å²) < 4.78 is 3.35. The lowest BCUT2D eigenvalue weighted by molar-refractivity contribution is -0.0429. The van der Waals surface area contributed by atoms with Gasteiger partial charge in [0.2, 0.25) is 0 Å². The lowest BCUT2D eigenvalue weighted by Gasteiger charge is -2.57. The van der Waals surface area contributed by atoms with Gasteiger partial charge in [-0.05, 0) is 86.2 Å². The second kappa shape index (κ2) is 4.97. The van der Waals surface area contributed by atoms with Crippen LogP contribution in [0.5, 0.6) is 0 Å². The molecule has 6 rings (SSSR count). The summed E-state index contributed by atoms with van der Waals surface area (Å²) in [7, 11) is 0. The molecule has 1 heterocycles. The molecule has 0 amide bonds. The van der Waals surface area contributed by atoms with E-state index < -0.39 is 0 Å². The Morgan fingerprint density at radius 2 is 1.57 bits per heavy atom. The van der Waals surface area contributed by atoms with Crippen molar-refractivity contribution < 1.29 is 0 Å². The summed E-state index contributed by atoms with van der Waals surface area (Å²) in [6.07, 6.45) is 10.4. The van der Waals surface area contributed by atoms with Crippen LogP contribution < -0.4 is 0 Å². The van der Waals surface area contributed by atoms with E-state index in [0.29, 0.717) is 0 Å². The molecule has 0 atom stereocenters. The van der Waals surface area contributed by atoms with Gasteiger partial charge in [-0.3, -0.25) is 0 Å². The van der Waals surface area contributed by atoms with Crippen LogP contribution in [0.4, 0.5) is 0 Å². The molecule has 2 nitrogen and oxygen atoms in total. The minimum absolute atomic E-state index is 0.251. The molecule has 4 saturated carbocycles. The summed E-state index contributed by atoms with van der Waals surface area (Å²) in [5, 5.41) is 0.782. The number of aromatic nitrogens is 2. The summed E-state index contributed by atoms with van der Waals surface area (Å²) in [6, 6.07) is 8.16. The fourth-order valence-electron chi connectivity index (χ4n) is 6.01. The van der Waals surface area contributed by atoms with Crippen LogP contribution in [0.15, 0.2) is 30.5 Å². The highest BCUT2D eigenvalue weighted by atomic mass is 35.5. The molecule has 4 bridgehead atoms. The normalized spacial score (nSPS) is 34.9. The predicted molar refractivity (Wildman–Crippen MR) is 96.2 cm³/mol. The van der Waals surface area contributed by atoms with Gasteiger partial charge in [0.15, 0.2) is 4.77 Å². The van der Waals surface area contributed by atoms with E-state index in [2.05, 4.69) is 27.9 Å². The summed E-state index contributed by atoms with van der Waals surface area (Å²) in [5.74, 6) is 2.74. The van der Waals surface area contributed by atoms with Crippen molar-refractivity contribution in [1.29, 1.82) is 0 Å². The van der Waals surface area contributed by atoms with Crippen LogP contribution in [0.3, 0.4) is 0 Å². The molecule has 120 valence electrons. The van der Waals surface area contributed by atoms with E-state index in [1.807, 2.05) is 12.1 Å². The van der Waals surface area contributed by atoms with Crippen molar-refractivity contribution in [1.82, 2.24) is 9.55 Å². The van der Waals surface area contributed by atoms with Gasteiger partial charge < -0.3 is 9.55 Å². The van der Waals surface area contributed by atoms with Crippen LogP contribution in [0, 0.1) is 22.5 Å². The first-order valence-corrected chi connectivity index (χ1v) is 9.48. The van der Waals surface area contributed by atoms with Gasteiger partial charge in [-0.25, -0.2) is 0 Å². The van der Waals surface area contributed by atoms with Gasteiger partial charge in [0.05, 0.1) is 5.69 Å². The van der Waals surface area contributed by atoms with Gasteiger partial charge in [0.1, 0.15) is 0 Å². The standard InChI is InChI=1S/C19H21ClN2S/c20-16-3-1-15(2-4-16)17-11-21-18(23)22(17)19-8-12-5-13(9-19)7-14(6-12)10-19/h1-4,11-14H,5-10H2,(H,21,23). The lowest BCUT2D eigenvalue weighted by Crippen LogP contribution is -2.52. The molecule has 0 saturated heterocycles. The van der Waals surface area contributed by atoms with E-state index in [0.717, 1.165) is 27.5 Å². The highest BCUT2D eigenvalue weighted by molar-refractivity contribution is 7.71. The maximum absolute atomic E-state index is 6.07. The van der Waals surface area contributed by atoms with Crippen molar-refractivity contribution in [2.24, 2.45) is 17.8 Å². The number of benzene rings is 1. The number of hydrogen-bond donors (Lipinski definition) is 1. The number of rotatable bonds is 2. The molecule has 0 aliphatic heterocycles. The number of hydrogen-bond acceptors (Lipinski definition) is 1. The van der Waals surface area contributed by atoms with Crippen LogP contribution in [0.1, 0.15) is 38.5 Å². The van der Waals surface area contributed by atoms with E-state index in [9.17, 15) is 0 Å². The molecule has 1 N–H and O–H groups in total. The number of H-pyrrole nitrogens is 1. The Morgan fingerprint density at radius 3 is 2.13 bits per heavy atom. The summed E-state index contributed by atoms with van der Waals surface area (Å²) >= 11 is 11.8. The van der Waals surface area contributed by atoms with E-state index in [-0.39, 0.29) is 5.54 Å². The van der Waals surface area contributed by atoms with Crippen LogP contribution in [0.2, 0.25) is 5.02 Å². The molecular formula is C19H21ClN2S. The van der Waals surface area contributed by atoms with Crippen molar-refractivity contribution in [2.45, 2.75) is 44.1 Å². The first kappa shape index (κ1) is 14.3. The molecule has 4 aliphatic rings. The Hall–Kier alpha value is -1.06. The van der Waals surface area contributed by atoms with Gasteiger partial charge in [0.25, 0.3) is 0 Å². The Balaban J connectivity index is 1.65. The Morgan fingerprint density at radius 1 is 1.00 bits per heavy atom. The fourth-order valence-corrected chi connectivity index (χ4v) is 6.49. The van der Waals surface area contributed by atoms with Crippen molar-refractivity contribution >= 4 is 23.8 Å². The third-order valence-corrected chi connectivity index (χ3v) is 6.95. The zero-order valence-corrected chi connectivity index (χ0v) is 14.7. The molecule has 0 spiro atoms. The average Bonchev–Trinajstić information content (AvgIpc) is 2.89. The summed E-state index contributed by atoms with van der Waals surface area (Å²) in [5.41, 5.74) is 2.69. The van der Waals surface area contributed by atoms with Crippen molar-refractivity contribution in [3.8, 4) is 11.3 Å². The molecule has 4 aliphatic carbocycles. The monoisotopic (exact) mass is 344 g/mol. The van der Waals surface area contributed by atoms with Crippen LogP contribution in [-0.4, -0.2) is 9.55 Å². The SMILES string of the molecule is S=c1[nH]cc(-c2ccc(Cl)cc2)n1C12CC3CC(CC(C3)C1)C2. The van der Waals surface area contributed by atoms with Gasteiger partial charge in [-0.1, -0.05) is 23.7 Å². The van der Waals surface area contributed by atoms with Crippen molar-refractivity contribution in [3.05, 3.63) is 40.3 Å². The molecule has 4 heteroatoms. The number of halogens is 1. The minimum atomic E-state index is 0.251. The van der Waals surface area contributed by atoms with E-state index >= 15 is 0 Å². The Labute approximate surface area is 146 Å². The number of nitrogens with one attached hydrogen (secondary N) is 1. The third kappa shape index (κ3) is 2.16. The van der Waals surface area contributed by atoms with Gasteiger partial charge in [0, 0.05) is 16.8 Å². The smallest absolute Gasteiger partial charge is 0.178 e. The van der Waals surface area contributed by atoms with E-state index in [4.69, 9.17) is 23.8 Å². The quantitative estimate of drug-likeness (QED) is 0.683. The van der Waals surface area contributed by atoms with Gasteiger partial charge >= 0.3 is 0 Å². The maximum atomic E-state index is 6.07. The van der Waals surface area contributed by atoms with Crippen LogP contribution in [-0.2, 0) is 5.54 Å². The largest absolute Gasteiger partial charge is 0.337 e. The molecule has 0 radical (unpaired) electrons. The highest BCUT2D eigenvalue weighted by Crippen LogP contribution is 2.59. The molecule has 1 aromatic heterocycles. The summed E-state index contributed by atoms with van der Waals surface area (Å²) in [4.78, 5) is 3.32. The minimum Gasteiger partial charge on any atom is -0.337 e. The van der Waals surface area contributed by atoms with Gasteiger partial charge in [-0.15, -0.1) is 0 Å². The molecule has 0 unspecified atom stereocenters. The maximum Gasteiger partial charge on any atom is 0.178 e. The zero-order chi connectivity index (χ0) is 15.6.